The fourth-order valence-corrected chi connectivity index (χ4v) is 10.3. The van der Waals surface area contributed by atoms with Crippen molar-refractivity contribution in [2.24, 2.45) is 39.4 Å². The second-order valence-electron chi connectivity index (χ2n) is 14.7. The molecule has 0 radical (unpaired) electrons. The van der Waals surface area contributed by atoms with Crippen LogP contribution in [0.3, 0.4) is 0 Å². The van der Waals surface area contributed by atoms with E-state index in [1.807, 2.05) is 0 Å². The molecule has 0 spiro atoms. The average Bonchev–Trinajstić information content (AvgIpc) is 3.06. The summed E-state index contributed by atoms with van der Waals surface area (Å²) in [6, 6.07) is 0. The average molecular weight is 493 g/mol. The third kappa shape index (κ3) is 3.58. The predicted molar refractivity (Wildman–Crippen MR) is 139 cm³/mol. The van der Waals surface area contributed by atoms with Gasteiger partial charge in [0.25, 0.3) is 0 Å². The van der Waals surface area contributed by atoms with E-state index in [0.717, 1.165) is 32.1 Å². The fourth-order valence-electron chi connectivity index (χ4n) is 10.3. The highest BCUT2D eigenvalue weighted by atomic mass is 16.4. The Balaban J connectivity index is 1.69. The minimum atomic E-state index is -1.42. The van der Waals surface area contributed by atoms with Crippen molar-refractivity contribution < 1.29 is 25.5 Å². The molecular formula is C30H52O5. The third-order valence-corrected chi connectivity index (χ3v) is 12.8. The van der Waals surface area contributed by atoms with Crippen LogP contribution < -0.4 is 0 Å². The van der Waals surface area contributed by atoms with E-state index < -0.39 is 29.3 Å². The van der Waals surface area contributed by atoms with Gasteiger partial charge < -0.3 is 25.5 Å². The van der Waals surface area contributed by atoms with Gasteiger partial charge in [-0.25, -0.2) is 0 Å². The van der Waals surface area contributed by atoms with Crippen molar-refractivity contribution in [3.8, 4) is 0 Å². The van der Waals surface area contributed by atoms with Gasteiger partial charge >= 0.3 is 0 Å². The number of fused-ring (bicyclic) bond motifs is 5. The Labute approximate surface area is 213 Å². The van der Waals surface area contributed by atoms with E-state index in [2.05, 4.69) is 41.2 Å². The lowest BCUT2D eigenvalue weighted by molar-refractivity contribution is -0.271. The highest BCUT2D eigenvalue weighted by Gasteiger charge is 2.74. The largest absolute Gasteiger partial charge is 0.393 e. The summed E-state index contributed by atoms with van der Waals surface area (Å²) < 4.78 is 0. The van der Waals surface area contributed by atoms with Crippen molar-refractivity contribution in [2.45, 2.75) is 136 Å². The van der Waals surface area contributed by atoms with Gasteiger partial charge in [-0.05, 0) is 105 Å². The lowest BCUT2D eigenvalue weighted by Gasteiger charge is -2.70. The number of aliphatic hydroxyl groups is 5. The zero-order chi connectivity index (χ0) is 26.4. The summed E-state index contributed by atoms with van der Waals surface area (Å²) >= 11 is 0. The first-order valence-corrected chi connectivity index (χ1v) is 14.0. The van der Waals surface area contributed by atoms with Gasteiger partial charge in [0, 0.05) is 5.92 Å². The van der Waals surface area contributed by atoms with Crippen LogP contribution in [0.1, 0.15) is 106 Å². The van der Waals surface area contributed by atoms with Gasteiger partial charge in [-0.2, -0.15) is 0 Å². The van der Waals surface area contributed by atoms with Crippen LogP contribution in [0.15, 0.2) is 12.2 Å². The topological polar surface area (TPSA) is 101 Å². The highest BCUT2D eigenvalue weighted by Crippen LogP contribution is 2.76. The molecule has 4 rings (SSSR count). The van der Waals surface area contributed by atoms with E-state index in [4.69, 9.17) is 0 Å². The number of hydrogen-bond acceptors (Lipinski definition) is 5. The van der Waals surface area contributed by atoms with Crippen LogP contribution in [-0.2, 0) is 0 Å². The molecule has 5 heteroatoms. The van der Waals surface area contributed by atoms with E-state index in [1.165, 1.54) is 0 Å². The molecule has 4 aliphatic rings. The Kier molecular flexibility index (Phi) is 6.51. The normalized spacial score (nSPS) is 51.5. The van der Waals surface area contributed by atoms with Crippen LogP contribution in [0.5, 0.6) is 0 Å². The molecule has 0 aromatic carbocycles. The lowest BCUT2D eigenvalue weighted by Crippen LogP contribution is -2.69. The Morgan fingerprint density at radius 2 is 1.60 bits per heavy atom. The highest BCUT2D eigenvalue weighted by molar-refractivity contribution is 5.24. The Hall–Kier alpha value is -0.460. The Morgan fingerprint density at radius 1 is 0.971 bits per heavy atom. The van der Waals surface area contributed by atoms with E-state index in [-0.39, 0.29) is 34.2 Å². The summed E-state index contributed by atoms with van der Waals surface area (Å²) in [6.45, 7) is 18.8. The minimum Gasteiger partial charge on any atom is -0.393 e. The summed E-state index contributed by atoms with van der Waals surface area (Å²) in [7, 11) is 0. The SMILES string of the molecule is C=C(C)C(O)CCC(C)(O)C1(O)CCC2(C)C1C(O)CC1C3(C)CCC(O)C(C)(C)C3CCC12C. The molecule has 4 fully saturated rings. The fraction of sp³-hybridized carbons (Fsp3) is 0.933. The Morgan fingerprint density at radius 3 is 2.20 bits per heavy atom. The Bertz CT molecular complexity index is 852. The van der Waals surface area contributed by atoms with E-state index >= 15 is 0 Å². The van der Waals surface area contributed by atoms with Crippen LogP contribution in [0.25, 0.3) is 0 Å². The summed E-state index contributed by atoms with van der Waals surface area (Å²) in [4.78, 5) is 0. The number of hydrogen-bond donors (Lipinski definition) is 5. The van der Waals surface area contributed by atoms with Crippen molar-refractivity contribution in [3.05, 3.63) is 12.2 Å². The molecule has 0 heterocycles. The van der Waals surface area contributed by atoms with Crippen LogP contribution in [-0.4, -0.2) is 55.0 Å². The van der Waals surface area contributed by atoms with Gasteiger partial charge in [0.15, 0.2) is 0 Å². The molecule has 0 amide bonds. The maximum Gasteiger partial charge on any atom is 0.0988 e. The van der Waals surface area contributed by atoms with Gasteiger partial charge in [-0.15, -0.1) is 0 Å². The van der Waals surface area contributed by atoms with Crippen molar-refractivity contribution in [3.63, 3.8) is 0 Å². The minimum absolute atomic E-state index is 0.0273. The molecule has 0 aliphatic heterocycles. The molecule has 11 atom stereocenters. The van der Waals surface area contributed by atoms with Gasteiger partial charge in [0.1, 0.15) is 0 Å². The van der Waals surface area contributed by atoms with Crippen molar-refractivity contribution in [1.82, 2.24) is 0 Å². The first-order chi connectivity index (χ1) is 15.9. The maximum absolute atomic E-state index is 12.2. The molecule has 0 saturated heterocycles. The van der Waals surface area contributed by atoms with Crippen molar-refractivity contribution in [1.29, 1.82) is 0 Å². The molecule has 0 aromatic heterocycles. The van der Waals surface area contributed by atoms with E-state index in [1.54, 1.807) is 13.8 Å². The molecule has 5 nitrogen and oxygen atoms in total. The van der Waals surface area contributed by atoms with Gasteiger partial charge in [0.05, 0.1) is 29.5 Å². The number of aliphatic hydroxyl groups excluding tert-OH is 3. The molecule has 0 aromatic rings. The molecule has 4 aliphatic carbocycles. The molecular weight excluding hydrogens is 440 g/mol. The maximum atomic E-state index is 12.2. The molecule has 11 unspecified atom stereocenters. The standard InChI is InChI=1S/C30H52O5/c1-18(2)19(31)9-14-29(8,34)30(35)16-15-28(7)24(30)20(32)17-22-26(5)12-11-23(33)25(3,4)21(26)10-13-27(22,28)6/h19-24,31-35H,1,9-17H2,2-8H3. The number of rotatable bonds is 5. The first kappa shape index (κ1) is 27.6. The van der Waals surface area contributed by atoms with Crippen LogP contribution in [0.4, 0.5) is 0 Å². The smallest absolute Gasteiger partial charge is 0.0988 e. The van der Waals surface area contributed by atoms with Gasteiger partial charge in [0.2, 0.25) is 0 Å². The molecule has 4 saturated carbocycles. The molecule has 0 bridgehead atoms. The van der Waals surface area contributed by atoms with Gasteiger partial charge in [-0.3, -0.25) is 0 Å². The monoisotopic (exact) mass is 492 g/mol. The zero-order valence-corrected chi connectivity index (χ0v) is 23.3. The summed E-state index contributed by atoms with van der Waals surface area (Å²) in [6.07, 6.45) is 4.56. The third-order valence-electron chi connectivity index (χ3n) is 12.8. The van der Waals surface area contributed by atoms with Crippen LogP contribution in [0.2, 0.25) is 0 Å². The van der Waals surface area contributed by atoms with Crippen LogP contribution in [0, 0.1) is 39.4 Å². The molecule has 5 N–H and O–H groups in total. The molecule has 35 heavy (non-hydrogen) atoms. The summed E-state index contributed by atoms with van der Waals surface area (Å²) in [5, 5.41) is 56.7. The van der Waals surface area contributed by atoms with Crippen molar-refractivity contribution >= 4 is 0 Å². The lowest BCUT2D eigenvalue weighted by atomic mass is 9.35. The molecule has 202 valence electrons. The quantitative estimate of drug-likeness (QED) is 0.362. The van der Waals surface area contributed by atoms with Crippen molar-refractivity contribution in [2.75, 3.05) is 0 Å². The van der Waals surface area contributed by atoms with E-state index in [9.17, 15) is 25.5 Å². The second kappa shape index (κ2) is 8.27. The van der Waals surface area contributed by atoms with Gasteiger partial charge in [-0.1, -0.05) is 46.8 Å². The van der Waals surface area contributed by atoms with E-state index in [0.29, 0.717) is 36.7 Å². The van der Waals surface area contributed by atoms with Crippen LogP contribution >= 0.6 is 0 Å². The summed E-state index contributed by atoms with van der Waals surface area (Å²) in [5.41, 5.74) is -2.69. The second-order valence-corrected chi connectivity index (χ2v) is 14.7. The first-order valence-electron chi connectivity index (χ1n) is 14.0. The predicted octanol–water partition coefficient (Wildman–Crippen LogP) is 4.59. The zero-order valence-electron chi connectivity index (χ0n) is 23.3. The summed E-state index contributed by atoms with van der Waals surface area (Å²) in [5.74, 6) is 0.279.